The Balaban J connectivity index is 1.96. The zero-order valence-electron chi connectivity index (χ0n) is 13.2. The number of thioether (sulfide) groups is 1. The molecule has 0 bridgehead atoms. The molecule has 0 saturated heterocycles. The number of rotatable bonds is 5. The maximum absolute atomic E-state index is 12.8. The standard InChI is InChI=1S/C18H16N4OS/c1-3-12-24-18-20-19-16(21(18)2)15-10-7-11-22(17(15)23)13-14-8-5-4-6-9-14/h1,4-11H,12-13H2,2H3. The summed E-state index contributed by atoms with van der Waals surface area (Å²) in [6.07, 6.45) is 7.06. The van der Waals surface area contributed by atoms with Crippen molar-refractivity contribution in [1.82, 2.24) is 19.3 Å². The summed E-state index contributed by atoms with van der Waals surface area (Å²) in [6.45, 7) is 0.518. The van der Waals surface area contributed by atoms with Crippen molar-refractivity contribution in [3.8, 4) is 23.7 Å². The average molecular weight is 336 g/mol. The molecular formula is C18H16N4OS. The number of aromatic nitrogens is 4. The molecule has 2 aromatic heterocycles. The first-order valence-electron chi connectivity index (χ1n) is 7.40. The zero-order valence-corrected chi connectivity index (χ0v) is 14.0. The van der Waals surface area contributed by atoms with Crippen LogP contribution in [0.1, 0.15) is 5.56 Å². The molecule has 0 aliphatic heterocycles. The van der Waals surface area contributed by atoms with E-state index < -0.39 is 0 Å². The summed E-state index contributed by atoms with van der Waals surface area (Å²) in [5, 5.41) is 8.97. The van der Waals surface area contributed by atoms with Crippen LogP contribution in [0.5, 0.6) is 0 Å². The molecule has 0 radical (unpaired) electrons. The first kappa shape index (κ1) is 16.1. The van der Waals surface area contributed by atoms with Gasteiger partial charge in [0.2, 0.25) is 0 Å². The van der Waals surface area contributed by atoms with Crippen LogP contribution in [0.3, 0.4) is 0 Å². The summed E-state index contributed by atoms with van der Waals surface area (Å²) in [5.41, 5.74) is 1.50. The van der Waals surface area contributed by atoms with E-state index in [4.69, 9.17) is 6.42 Å². The molecule has 5 nitrogen and oxygen atoms in total. The molecule has 0 aliphatic carbocycles. The Morgan fingerprint density at radius 1 is 1.17 bits per heavy atom. The Morgan fingerprint density at radius 2 is 1.96 bits per heavy atom. The third-order valence-corrected chi connectivity index (χ3v) is 4.50. The van der Waals surface area contributed by atoms with Gasteiger partial charge in [0.25, 0.3) is 5.56 Å². The lowest BCUT2D eigenvalue weighted by Crippen LogP contribution is -2.22. The summed E-state index contributed by atoms with van der Waals surface area (Å²) >= 11 is 1.42. The fraction of sp³-hybridized carbons (Fsp3) is 0.167. The number of terminal acetylenes is 1. The lowest BCUT2D eigenvalue weighted by molar-refractivity contribution is 0.754. The molecule has 0 spiro atoms. The summed E-state index contributed by atoms with van der Waals surface area (Å²) in [6, 6.07) is 13.5. The molecule has 0 N–H and O–H groups in total. The van der Waals surface area contributed by atoms with Crippen molar-refractivity contribution in [2.24, 2.45) is 7.05 Å². The van der Waals surface area contributed by atoms with Crippen molar-refractivity contribution in [2.45, 2.75) is 11.7 Å². The average Bonchev–Trinajstić information content (AvgIpc) is 2.96. The predicted molar refractivity (Wildman–Crippen MR) is 95.8 cm³/mol. The van der Waals surface area contributed by atoms with Crippen LogP contribution in [0, 0.1) is 12.3 Å². The normalized spacial score (nSPS) is 10.5. The Morgan fingerprint density at radius 3 is 2.71 bits per heavy atom. The molecule has 3 aromatic rings. The van der Waals surface area contributed by atoms with Gasteiger partial charge in [-0.3, -0.25) is 4.79 Å². The van der Waals surface area contributed by atoms with Crippen molar-refractivity contribution in [3.05, 3.63) is 64.6 Å². The van der Waals surface area contributed by atoms with Crippen LogP contribution in [0.4, 0.5) is 0 Å². The van der Waals surface area contributed by atoms with Crippen molar-refractivity contribution >= 4 is 11.8 Å². The Bertz CT molecular complexity index is 938. The third-order valence-electron chi connectivity index (χ3n) is 3.58. The monoisotopic (exact) mass is 336 g/mol. The summed E-state index contributed by atoms with van der Waals surface area (Å²) < 4.78 is 3.47. The van der Waals surface area contributed by atoms with Crippen molar-refractivity contribution in [2.75, 3.05) is 5.75 Å². The van der Waals surface area contributed by atoms with E-state index in [1.54, 1.807) is 21.4 Å². The van der Waals surface area contributed by atoms with E-state index in [1.165, 1.54) is 11.8 Å². The fourth-order valence-electron chi connectivity index (χ4n) is 2.39. The summed E-state index contributed by atoms with van der Waals surface area (Å²) in [4.78, 5) is 12.8. The highest BCUT2D eigenvalue weighted by Crippen LogP contribution is 2.20. The number of nitrogens with zero attached hydrogens (tertiary/aromatic N) is 4. The first-order chi connectivity index (χ1) is 11.7. The number of benzene rings is 1. The predicted octanol–water partition coefficient (Wildman–Crippen LogP) is 2.42. The van der Waals surface area contributed by atoms with E-state index in [0.717, 1.165) is 5.56 Å². The smallest absolute Gasteiger partial charge is 0.261 e. The van der Waals surface area contributed by atoms with Gasteiger partial charge in [-0.25, -0.2) is 0 Å². The minimum atomic E-state index is -0.0923. The molecule has 0 fully saturated rings. The summed E-state index contributed by atoms with van der Waals surface area (Å²) in [7, 11) is 1.84. The van der Waals surface area contributed by atoms with Gasteiger partial charge in [0, 0.05) is 13.2 Å². The first-order valence-corrected chi connectivity index (χ1v) is 8.38. The maximum Gasteiger partial charge on any atom is 0.261 e. The number of hydrogen-bond donors (Lipinski definition) is 0. The van der Waals surface area contributed by atoms with Gasteiger partial charge in [-0.1, -0.05) is 48.0 Å². The fourth-order valence-corrected chi connectivity index (χ4v) is 2.98. The van der Waals surface area contributed by atoms with E-state index >= 15 is 0 Å². The van der Waals surface area contributed by atoms with Crippen LogP contribution in [0.2, 0.25) is 0 Å². The molecular weight excluding hydrogens is 320 g/mol. The molecule has 0 amide bonds. The Labute approximate surface area is 144 Å². The molecule has 0 unspecified atom stereocenters. The lowest BCUT2D eigenvalue weighted by atomic mass is 10.2. The molecule has 2 heterocycles. The van der Waals surface area contributed by atoms with Gasteiger partial charge in [0.15, 0.2) is 11.0 Å². The largest absolute Gasteiger partial charge is 0.310 e. The van der Waals surface area contributed by atoms with E-state index in [-0.39, 0.29) is 5.56 Å². The van der Waals surface area contributed by atoms with Gasteiger partial charge >= 0.3 is 0 Å². The van der Waals surface area contributed by atoms with E-state index in [1.807, 2.05) is 43.4 Å². The zero-order chi connectivity index (χ0) is 16.9. The minimum Gasteiger partial charge on any atom is -0.310 e. The van der Waals surface area contributed by atoms with E-state index in [9.17, 15) is 4.79 Å². The molecule has 120 valence electrons. The van der Waals surface area contributed by atoms with Gasteiger partial charge in [0.1, 0.15) is 0 Å². The maximum atomic E-state index is 12.8. The van der Waals surface area contributed by atoms with Gasteiger partial charge in [0.05, 0.1) is 17.9 Å². The topological polar surface area (TPSA) is 52.7 Å². The second kappa shape index (κ2) is 7.20. The van der Waals surface area contributed by atoms with Gasteiger partial charge in [-0.05, 0) is 17.7 Å². The highest BCUT2D eigenvalue weighted by atomic mass is 32.2. The third kappa shape index (κ3) is 3.26. The highest BCUT2D eigenvalue weighted by molar-refractivity contribution is 7.99. The van der Waals surface area contributed by atoms with Gasteiger partial charge in [-0.15, -0.1) is 16.6 Å². The molecule has 0 atom stereocenters. The van der Waals surface area contributed by atoms with E-state index in [2.05, 4.69) is 16.1 Å². The van der Waals surface area contributed by atoms with Crippen LogP contribution in [-0.4, -0.2) is 25.1 Å². The van der Waals surface area contributed by atoms with E-state index in [0.29, 0.717) is 28.8 Å². The molecule has 6 heteroatoms. The molecule has 0 aliphatic rings. The quantitative estimate of drug-likeness (QED) is 0.530. The van der Waals surface area contributed by atoms with Crippen LogP contribution in [0.15, 0.2) is 58.6 Å². The Kier molecular flexibility index (Phi) is 4.82. The number of hydrogen-bond acceptors (Lipinski definition) is 4. The molecule has 1 aromatic carbocycles. The van der Waals surface area contributed by atoms with Crippen LogP contribution in [-0.2, 0) is 13.6 Å². The lowest BCUT2D eigenvalue weighted by Gasteiger charge is -2.08. The highest BCUT2D eigenvalue weighted by Gasteiger charge is 2.15. The molecule has 3 rings (SSSR count). The summed E-state index contributed by atoms with van der Waals surface area (Å²) in [5.74, 6) is 3.61. The molecule has 0 saturated carbocycles. The van der Waals surface area contributed by atoms with Crippen LogP contribution < -0.4 is 5.56 Å². The Hall–Kier alpha value is -2.78. The second-order valence-electron chi connectivity index (χ2n) is 5.20. The van der Waals surface area contributed by atoms with Gasteiger partial charge in [-0.2, -0.15) is 0 Å². The molecule has 24 heavy (non-hydrogen) atoms. The minimum absolute atomic E-state index is 0.0923. The van der Waals surface area contributed by atoms with Crippen molar-refractivity contribution in [1.29, 1.82) is 0 Å². The van der Waals surface area contributed by atoms with Crippen LogP contribution >= 0.6 is 11.8 Å². The SMILES string of the molecule is C#CCSc1nnc(-c2cccn(Cc3ccccc3)c2=O)n1C. The van der Waals surface area contributed by atoms with Crippen LogP contribution in [0.25, 0.3) is 11.4 Å². The van der Waals surface area contributed by atoms with Crippen molar-refractivity contribution < 1.29 is 0 Å². The van der Waals surface area contributed by atoms with Crippen molar-refractivity contribution in [3.63, 3.8) is 0 Å². The van der Waals surface area contributed by atoms with Gasteiger partial charge < -0.3 is 9.13 Å². The second-order valence-corrected chi connectivity index (χ2v) is 6.14. The number of pyridine rings is 1.